The number of ether oxygens (including phenoxy) is 1. The summed E-state index contributed by atoms with van der Waals surface area (Å²) in [7, 11) is 0. The zero-order valence-electron chi connectivity index (χ0n) is 12.4. The van der Waals surface area contributed by atoms with Crippen LogP contribution in [0.2, 0.25) is 0 Å². The van der Waals surface area contributed by atoms with Gasteiger partial charge >= 0.3 is 12.0 Å². The van der Waals surface area contributed by atoms with Crippen molar-refractivity contribution >= 4 is 11.9 Å². The van der Waals surface area contributed by atoms with Crippen LogP contribution in [-0.4, -0.2) is 37.0 Å². The van der Waals surface area contributed by atoms with E-state index in [4.69, 9.17) is 5.73 Å². The van der Waals surface area contributed by atoms with Crippen molar-refractivity contribution in [3.63, 3.8) is 0 Å². The minimum atomic E-state index is -3.69. The van der Waals surface area contributed by atoms with E-state index in [1.807, 2.05) is 19.2 Å². The first-order valence-electron chi connectivity index (χ1n) is 6.64. The molecular formula is C13H24F2N2O3. The largest absolute Gasteiger partial charge is 0.449 e. The first kappa shape index (κ1) is 18.8. The van der Waals surface area contributed by atoms with Gasteiger partial charge in [-0.1, -0.05) is 27.7 Å². The maximum atomic E-state index is 13.6. The third-order valence-electron chi connectivity index (χ3n) is 2.43. The molecule has 0 rings (SSSR count). The Balaban J connectivity index is 4.29. The number of carbonyl (C=O) groups is 2. The number of alkyl halides is 2. The van der Waals surface area contributed by atoms with E-state index in [9.17, 15) is 18.4 Å². The average Bonchev–Trinajstić information content (AvgIpc) is 2.32. The number of carbonyl (C=O) groups excluding carboxylic acids is 2. The Labute approximate surface area is 118 Å². The van der Waals surface area contributed by atoms with Crippen molar-refractivity contribution in [2.24, 2.45) is 17.6 Å². The van der Waals surface area contributed by atoms with Crippen molar-refractivity contribution in [3.05, 3.63) is 0 Å². The smallest absolute Gasteiger partial charge is 0.407 e. The maximum absolute atomic E-state index is 13.6. The number of amides is 1. The summed E-state index contributed by atoms with van der Waals surface area (Å²) in [4.78, 5) is 22.7. The molecule has 1 amide bonds. The molecule has 0 fully saturated rings. The summed E-state index contributed by atoms with van der Waals surface area (Å²) in [5.74, 6) is -4.92. The first-order valence-corrected chi connectivity index (χ1v) is 6.64. The van der Waals surface area contributed by atoms with E-state index in [0.717, 1.165) is 0 Å². The molecule has 0 aliphatic rings. The van der Waals surface area contributed by atoms with Crippen LogP contribution < -0.4 is 11.1 Å². The van der Waals surface area contributed by atoms with Gasteiger partial charge in [-0.25, -0.2) is 4.79 Å². The second-order valence-corrected chi connectivity index (χ2v) is 5.65. The van der Waals surface area contributed by atoms with E-state index in [2.05, 4.69) is 4.74 Å². The van der Waals surface area contributed by atoms with Gasteiger partial charge in [0.05, 0.1) is 19.2 Å². The molecule has 1 unspecified atom stereocenters. The zero-order chi connectivity index (χ0) is 15.9. The molecule has 118 valence electrons. The molecule has 0 heterocycles. The summed E-state index contributed by atoms with van der Waals surface area (Å²) in [6, 6.07) is -1.24. The topological polar surface area (TPSA) is 81.4 Å². The van der Waals surface area contributed by atoms with Crippen LogP contribution in [0.25, 0.3) is 0 Å². The number of halogens is 2. The number of hydrogen-bond acceptors (Lipinski definition) is 4. The van der Waals surface area contributed by atoms with Gasteiger partial charge in [-0.15, -0.1) is 0 Å². The lowest BCUT2D eigenvalue weighted by Gasteiger charge is -2.20. The van der Waals surface area contributed by atoms with Crippen LogP contribution >= 0.6 is 0 Å². The van der Waals surface area contributed by atoms with Gasteiger partial charge in [0, 0.05) is 0 Å². The normalized spacial score (nSPS) is 13.4. The number of alkyl carbamates (subject to hydrolysis) is 1. The average molecular weight is 294 g/mol. The minimum Gasteiger partial charge on any atom is -0.449 e. The molecule has 0 saturated carbocycles. The van der Waals surface area contributed by atoms with E-state index in [1.165, 1.54) is 0 Å². The molecule has 0 aliphatic carbocycles. The van der Waals surface area contributed by atoms with Crippen molar-refractivity contribution in [1.82, 2.24) is 5.32 Å². The maximum Gasteiger partial charge on any atom is 0.407 e. The third-order valence-corrected chi connectivity index (χ3v) is 2.43. The molecule has 3 N–H and O–H groups in total. The Morgan fingerprint density at radius 2 is 1.75 bits per heavy atom. The second-order valence-electron chi connectivity index (χ2n) is 5.65. The van der Waals surface area contributed by atoms with Gasteiger partial charge in [0.1, 0.15) is 0 Å². The molecule has 0 aromatic heterocycles. The SMILES string of the molecule is CC(C)COC(=O)NCC(F)(F)C(=O)C(N)CC(C)C. The number of nitrogens with one attached hydrogen (secondary N) is 1. The highest BCUT2D eigenvalue weighted by Gasteiger charge is 2.42. The summed E-state index contributed by atoms with van der Waals surface area (Å²) in [6.07, 6.45) is -0.796. The summed E-state index contributed by atoms with van der Waals surface area (Å²) < 4.78 is 31.8. The highest BCUT2D eigenvalue weighted by atomic mass is 19.3. The monoisotopic (exact) mass is 294 g/mol. The standard InChI is InChI=1S/C13H24F2N2O3/c1-8(2)5-10(16)11(18)13(14,15)7-17-12(19)20-6-9(3)4/h8-10H,5-7,16H2,1-4H3,(H,17,19). The molecule has 0 aliphatic heterocycles. The molecular weight excluding hydrogens is 270 g/mol. The van der Waals surface area contributed by atoms with Gasteiger partial charge in [0.2, 0.25) is 5.78 Å². The van der Waals surface area contributed by atoms with Gasteiger partial charge in [-0.3, -0.25) is 4.79 Å². The van der Waals surface area contributed by atoms with E-state index in [1.54, 1.807) is 13.8 Å². The molecule has 0 aromatic rings. The molecule has 5 nitrogen and oxygen atoms in total. The quantitative estimate of drug-likeness (QED) is 0.717. The lowest BCUT2D eigenvalue weighted by Crippen LogP contribution is -2.50. The van der Waals surface area contributed by atoms with Crippen molar-refractivity contribution in [1.29, 1.82) is 0 Å². The predicted molar refractivity (Wildman–Crippen MR) is 71.6 cm³/mol. The van der Waals surface area contributed by atoms with E-state index in [0.29, 0.717) is 0 Å². The molecule has 1 atom stereocenters. The Bertz CT molecular complexity index is 334. The summed E-state index contributed by atoms with van der Waals surface area (Å²) in [6.45, 7) is 6.22. The van der Waals surface area contributed by atoms with Crippen LogP contribution in [0.3, 0.4) is 0 Å². The van der Waals surface area contributed by atoms with Gasteiger partial charge < -0.3 is 15.8 Å². The van der Waals surface area contributed by atoms with Crippen LogP contribution in [-0.2, 0) is 9.53 Å². The summed E-state index contributed by atoms with van der Waals surface area (Å²) >= 11 is 0. The first-order chi connectivity index (χ1) is 9.06. The highest BCUT2D eigenvalue weighted by molar-refractivity contribution is 5.90. The zero-order valence-corrected chi connectivity index (χ0v) is 12.4. The lowest BCUT2D eigenvalue weighted by molar-refractivity contribution is -0.144. The summed E-state index contributed by atoms with van der Waals surface area (Å²) in [5.41, 5.74) is 5.44. The van der Waals surface area contributed by atoms with Crippen LogP contribution in [0.1, 0.15) is 34.1 Å². The lowest BCUT2D eigenvalue weighted by atomic mass is 9.98. The van der Waals surface area contributed by atoms with E-state index >= 15 is 0 Å². The Morgan fingerprint density at radius 3 is 2.20 bits per heavy atom. The van der Waals surface area contributed by atoms with Gasteiger partial charge in [-0.2, -0.15) is 8.78 Å². The van der Waals surface area contributed by atoms with Gasteiger partial charge in [0.15, 0.2) is 0 Å². The fourth-order valence-electron chi connectivity index (χ4n) is 1.45. The molecule has 7 heteroatoms. The minimum absolute atomic E-state index is 0.0358. The van der Waals surface area contributed by atoms with Gasteiger partial charge in [0.25, 0.3) is 0 Å². The number of nitrogens with two attached hydrogens (primary N) is 1. The molecule has 0 aromatic carbocycles. The predicted octanol–water partition coefficient (Wildman–Crippen LogP) is 1.95. The Hall–Kier alpha value is -1.24. The Kier molecular flexibility index (Phi) is 7.63. The van der Waals surface area contributed by atoms with Crippen LogP contribution in [0.5, 0.6) is 0 Å². The van der Waals surface area contributed by atoms with Crippen molar-refractivity contribution in [2.75, 3.05) is 13.2 Å². The molecule has 0 spiro atoms. The second kappa shape index (κ2) is 8.14. The molecule has 0 saturated heterocycles. The third kappa shape index (κ3) is 7.37. The van der Waals surface area contributed by atoms with Crippen LogP contribution in [0, 0.1) is 11.8 Å². The number of Topliss-reactive ketones (excluding diaryl/α,β-unsaturated/α-hetero) is 1. The molecule has 20 heavy (non-hydrogen) atoms. The van der Waals surface area contributed by atoms with Crippen molar-refractivity contribution in [2.45, 2.75) is 46.1 Å². The highest BCUT2D eigenvalue weighted by Crippen LogP contribution is 2.18. The fourth-order valence-corrected chi connectivity index (χ4v) is 1.45. The Morgan fingerprint density at radius 1 is 1.20 bits per heavy atom. The van der Waals surface area contributed by atoms with Crippen LogP contribution in [0.4, 0.5) is 13.6 Å². The van der Waals surface area contributed by atoms with Crippen molar-refractivity contribution in [3.8, 4) is 0 Å². The number of ketones is 1. The van der Waals surface area contributed by atoms with Crippen LogP contribution in [0.15, 0.2) is 0 Å². The number of hydrogen-bond donors (Lipinski definition) is 2. The van der Waals surface area contributed by atoms with Crippen molar-refractivity contribution < 1.29 is 23.1 Å². The molecule has 0 radical (unpaired) electrons. The summed E-state index contributed by atoms with van der Waals surface area (Å²) in [5, 5.41) is 1.88. The molecule has 0 bridgehead atoms. The van der Waals surface area contributed by atoms with E-state index in [-0.39, 0.29) is 24.9 Å². The number of rotatable bonds is 8. The van der Waals surface area contributed by atoms with Gasteiger partial charge in [-0.05, 0) is 18.3 Å². The van der Waals surface area contributed by atoms with E-state index < -0.39 is 30.4 Å². The fraction of sp³-hybridized carbons (Fsp3) is 0.846.